The van der Waals surface area contributed by atoms with Crippen molar-refractivity contribution in [2.45, 2.75) is 25.9 Å². The summed E-state index contributed by atoms with van der Waals surface area (Å²) in [6.45, 7) is 2.64. The monoisotopic (exact) mass is 334 g/mol. The minimum absolute atomic E-state index is 0.0371. The Hall–Kier alpha value is -1.66. The fourth-order valence-corrected chi connectivity index (χ4v) is 2.65. The van der Waals surface area contributed by atoms with E-state index in [1.807, 2.05) is 25.1 Å². The number of H-pyrrole nitrogens is 1. The van der Waals surface area contributed by atoms with Gasteiger partial charge in [-0.3, -0.25) is 10.1 Å². The van der Waals surface area contributed by atoms with Crippen LogP contribution in [0.2, 0.25) is 0 Å². The highest BCUT2D eigenvalue weighted by molar-refractivity contribution is 9.10. The van der Waals surface area contributed by atoms with Crippen LogP contribution in [0.4, 0.5) is 5.69 Å². The highest BCUT2D eigenvalue weighted by Crippen LogP contribution is 2.24. The number of aromatic amines is 1. The lowest BCUT2D eigenvalue weighted by Crippen LogP contribution is -2.44. The number of fused-ring (bicyclic) bond motifs is 1. The number of aryl methyl sites for hydroxylation is 1. The Balaban J connectivity index is 1.73. The van der Waals surface area contributed by atoms with Crippen molar-refractivity contribution in [1.82, 2.24) is 15.3 Å². The molecule has 0 bridgehead atoms. The molecule has 0 radical (unpaired) electrons. The Morgan fingerprint density at radius 3 is 3.20 bits per heavy atom. The summed E-state index contributed by atoms with van der Waals surface area (Å²) in [5, 5.41) is 6.17. The lowest BCUT2D eigenvalue weighted by molar-refractivity contribution is -0.118. The van der Waals surface area contributed by atoms with Gasteiger partial charge in [-0.15, -0.1) is 0 Å². The van der Waals surface area contributed by atoms with Gasteiger partial charge in [0, 0.05) is 17.4 Å². The molecule has 0 fully saturated rings. The first-order valence-corrected chi connectivity index (χ1v) is 7.24. The number of carbonyl (C=O) groups is 1. The van der Waals surface area contributed by atoms with Crippen molar-refractivity contribution in [2.75, 3.05) is 5.32 Å². The predicted octanol–water partition coefficient (Wildman–Crippen LogP) is 2.13. The second-order valence-corrected chi connectivity index (χ2v) is 5.79. The highest BCUT2D eigenvalue weighted by Gasteiger charge is 2.26. The van der Waals surface area contributed by atoms with Crippen molar-refractivity contribution >= 4 is 27.5 Å². The number of nitrogens with one attached hydrogen (secondary N) is 3. The number of carbonyl (C=O) groups excluding carboxylic acids is 1. The minimum Gasteiger partial charge on any atom is -0.347 e. The number of hydrogen-bond donors (Lipinski definition) is 3. The van der Waals surface area contributed by atoms with E-state index in [0.717, 1.165) is 27.1 Å². The third kappa shape index (κ3) is 2.62. The summed E-state index contributed by atoms with van der Waals surface area (Å²) in [6.07, 6.45) is 2.28. The Morgan fingerprint density at radius 1 is 1.50 bits per heavy atom. The van der Waals surface area contributed by atoms with E-state index in [1.165, 1.54) is 0 Å². The number of nitrogens with zero attached hydrogens (tertiary/aromatic N) is 1. The largest absolute Gasteiger partial charge is 0.347 e. The maximum atomic E-state index is 12.3. The van der Waals surface area contributed by atoms with Gasteiger partial charge in [-0.1, -0.05) is 6.07 Å². The van der Waals surface area contributed by atoms with E-state index in [0.29, 0.717) is 13.0 Å². The van der Waals surface area contributed by atoms with Crippen LogP contribution < -0.4 is 10.6 Å². The van der Waals surface area contributed by atoms with Crippen molar-refractivity contribution < 1.29 is 4.79 Å². The first-order valence-electron chi connectivity index (χ1n) is 6.45. The summed E-state index contributed by atoms with van der Waals surface area (Å²) >= 11 is 3.45. The van der Waals surface area contributed by atoms with E-state index in [1.54, 1.807) is 6.33 Å². The minimum atomic E-state index is -0.252. The number of hydrogen-bond acceptors (Lipinski definition) is 3. The van der Waals surface area contributed by atoms with Crippen molar-refractivity contribution in [3.63, 3.8) is 0 Å². The molecule has 0 aliphatic carbocycles. The van der Waals surface area contributed by atoms with E-state index in [4.69, 9.17) is 0 Å². The van der Waals surface area contributed by atoms with E-state index >= 15 is 0 Å². The fourth-order valence-electron chi connectivity index (χ4n) is 2.31. The summed E-state index contributed by atoms with van der Waals surface area (Å²) in [4.78, 5) is 19.6. The summed E-state index contributed by atoms with van der Waals surface area (Å²) in [7, 11) is 0. The molecule has 0 saturated carbocycles. The number of benzene rings is 1. The SMILES string of the molecule is Cc1ccc(Br)c(NC(=O)C2Cc3nc[nH]c3CN2)c1. The van der Waals surface area contributed by atoms with Crippen LogP contribution in [0.25, 0.3) is 0 Å². The topological polar surface area (TPSA) is 69.8 Å². The number of halogens is 1. The molecule has 6 heteroatoms. The zero-order chi connectivity index (χ0) is 14.1. The molecule has 1 amide bonds. The van der Waals surface area contributed by atoms with Gasteiger partial charge in [0.15, 0.2) is 0 Å². The molecule has 104 valence electrons. The van der Waals surface area contributed by atoms with Crippen LogP contribution in [0.5, 0.6) is 0 Å². The molecule has 1 aromatic carbocycles. The maximum absolute atomic E-state index is 12.3. The van der Waals surface area contributed by atoms with Crippen molar-refractivity contribution in [3.8, 4) is 0 Å². The molecule has 3 rings (SSSR count). The van der Waals surface area contributed by atoms with Gasteiger partial charge in [0.05, 0.1) is 29.4 Å². The van der Waals surface area contributed by atoms with Gasteiger partial charge >= 0.3 is 0 Å². The molecule has 5 nitrogen and oxygen atoms in total. The summed E-state index contributed by atoms with van der Waals surface area (Å²) in [5.41, 5.74) is 3.93. The molecule has 1 unspecified atom stereocenters. The third-order valence-corrected chi connectivity index (χ3v) is 4.12. The van der Waals surface area contributed by atoms with E-state index in [-0.39, 0.29) is 11.9 Å². The number of aromatic nitrogens is 2. The molecule has 1 aromatic heterocycles. The van der Waals surface area contributed by atoms with Crippen LogP contribution in [-0.4, -0.2) is 21.9 Å². The van der Waals surface area contributed by atoms with Crippen LogP contribution in [0.3, 0.4) is 0 Å². The average Bonchev–Trinajstić information content (AvgIpc) is 2.90. The average molecular weight is 335 g/mol. The molecule has 2 heterocycles. The second kappa shape index (κ2) is 5.38. The first kappa shape index (κ1) is 13.3. The lowest BCUT2D eigenvalue weighted by atomic mass is 10.0. The van der Waals surface area contributed by atoms with Gasteiger partial charge in [0.25, 0.3) is 0 Å². The van der Waals surface area contributed by atoms with Gasteiger partial charge in [-0.2, -0.15) is 0 Å². The van der Waals surface area contributed by atoms with Crippen LogP contribution in [0, 0.1) is 6.92 Å². The summed E-state index contributed by atoms with van der Waals surface area (Å²) in [5.74, 6) is -0.0371. The molecular formula is C14H15BrN4O. The van der Waals surface area contributed by atoms with E-state index < -0.39 is 0 Å². The molecule has 0 saturated heterocycles. The molecule has 1 aliphatic heterocycles. The van der Waals surface area contributed by atoms with Crippen molar-refractivity contribution in [3.05, 3.63) is 46.0 Å². The van der Waals surface area contributed by atoms with Gasteiger partial charge in [-0.25, -0.2) is 4.98 Å². The predicted molar refractivity (Wildman–Crippen MR) is 80.4 cm³/mol. The van der Waals surface area contributed by atoms with Crippen LogP contribution >= 0.6 is 15.9 Å². The molecule has 0 spiro atoms. The van der Waals surface area contributed by atoms with Crippen LogP contribution in [0.15, 0.2) is 29.0 Å². The van der Waals surface area contributed by atoms with Gasteiger partial charge in [-0.05, 0) is 40.5 Å². The van der Waals surface area contributed by atoms with Gasteiger partial charge in [0.1, 0.15) is 0 Å². The normalized spacial score (nSPS) is 17.6. The van der Waals surface area contributed by atoms with E-state index in [2.05, 4.69) is 36.5 Å². The third-order valence-electron chi connectivity index (χ3n) is 3.43. The summed E-state index contributed by atoms with van der Waals surface area (Å²) < 4.78 is 0.882. The highest BCUT2D eigenvalue weighted by atomic mass is 79.9. The van der Waals surface area contributed by atoms with Gasteiger partial charge in [0.2, 0.25) is 5.91 Å². The lowest BCUT2D eigenvalue weighted by Gasteiger charge is -2.22. The van der Waals surface area contributed by atoms with Crippen LogP contribution in [0.1, 0.15) is 17.0 Å². The van der Waals surface area contributed by atoms with Crippen molar-refractivity contribution in [2.24, 2.45) is 0 Å². The van der Waals surface area contributed by atoms with Crippen molar-refractivity contribution in [1.29, 1.82) is 0 Å². The van der Waals surface area contributed by atoms with E-state index in [9.17, 15) is 4.79 Å². The number of anilines is 1. The Morgan fingerprint density at radius 2 is 2.35 bits per heavy atom. The standard InChI is InChI=1S/C14H15BrN4O/c1-8-2-3-9(15)10(4-8)19-14(20)12-5-11-13(6-16-12)18-7-17-11/h2-4,7,12,16H,5-6H2,1H3,(H,17,18)(H,19,20). The molecule has 2 aromatic rings. The molecule has 1 atom stereocenters. The smallest absolute Gasteiger partial charge is 0.241 e. The zero-order valence-corrected chi connectivity index (χ0v) is 12.6. The molecular weight excluding hydrogens is 320 g/mol. The molecule has 1 aliphatic rings. The summed E-state index contributed by atoms with van der Waals surface area (Å²) in [6, 6.07) is 5.63. The zero-order valence-electron chi connectivity index (χ0n) is 11.0. The quantitative estimate of drug-likeness (QED) is 0.788. The van der Waals surface area contributed by atoms with Crippen LogP contribution in [-0.2, 0) is 17.8 Å². The Bertz CT molecular complexity index is 652. The second-order valence-electron chi connectivity index (χ2n) is 4.94. The Labute approximate surface area is 125 Å². The fraction of sp³-hybridized carbons (Fsp3) is 0.286. The number of amides is 1. The molecule has 3 N–H and O–H groups in total. The van der Waals surface area contributed by atoms with Gasteiger partial charge < -0.3 is 10.3 Å². The molecule has 20 heavy (non-hydrogen) atoms. The number of imidazole rings is 1. The first-order chi connectivity index (χ1) is 9.63. The Kier molecular flexibility index (Phi) is 3.58. The number of rotatable bonds is 2. The maximum Gasteiger partial charge on any atom is 0.241 e.